The fraction of sp³-hybridized carbons (Fsp3) is 0.375. The van der Waals surface area contributed by atoms with E-state index in [-0.39, 0.29) is 5.54 Å². The number of benzene rings is 2. The molecular weight excluding hydrogens is 332 g/mol. The van der Waals surface area contributed by atoms with E-state index >= 15 is 0 Å². The smallest absolute Gasteiger partial charge is 0.298 e. The molecule has 2 aromatic rings. The van der Waals surface area contributed by atoms with Gasteiger partial charge in [-0.15, -0.1) is 6.58 Å². The van der Waals surface area contributed by atoms with Crippen LogP contribution in [0.15, 0.2) is 66.2 Å². The van der Waals surface area contributed by atoms with E-state index < -0.39 is 0 Å². The molecule has 2 aliphatic rings. The lowest BCUT2D eigenvalue weighted by Crippen LogP contribution is -2.62. The first-order valence-corrected chi connectivity index (χ1v) is 9.91. The van der Waals surface area contributed by atoms with Crippen molar-refractivity contribution in [2.45, 2.75) is 45.1 Å². The summed E-state index contributed by atoms with van der Waals surface area (Å²) in [6.07, 6.45) is 6.87. The van der Waals surface area contributed by atoms with E-state index in [9.17, 15) is 0 Å². The Morgan fingerprint density at radius 1 is 1.04 bits per heavy atom. The Bertz CT molecular complexity index is 838. The lowest BCUT2D eigenvalue weighted by atomic mass is 9.71. The van der Waals surface area contributed by atoms with Crippen LogP contribution >= 0.6 is 0 Å². The highest BCUT2D eigenvalue weighted by atomic mass is 16.5. The second kappa shape index (κ2) is 7.22. The van der Waals surface area contributed by atoms with Crippen LogP contribution in [0.2, 0.25) is 0 Å². The van der Waals surface area contributed by atoms with Crippen LogP contribution in [-0.4, -0.2) is 18.2 Å². The maximum Gasteiger partial charge on any atom is 0.298 e. The average Bonchev–Trinajstić information content (AvgIpc) is 2.70. The molecule has 2 fully saturated rings. The Hall–Kier alpha value is -2.55. The summed E-state index contributed by atoms with van der Waals surface area (Å²) in [5.41, 5.74) is 4.39. The zero-order chi connectivity index (χ0) is 18.9. The minimum Gasteiger partial charge on any atom is -0.464 e. The lowest BCUT2D eigenvalue weighted by molar-refractivity contribution is 0.106. The second-order valence-electron chi connectivity index (χ2n) is 7.85. The van der Waals surface area contributed by atoms with Crippen molar-refractivity contribution in [3.05, 3.63) is 72.3 Å². The first-order chi connectivity index (χ1) is 13.1. The van der Waals surface area contributed by atoms with Crippen LogP contribution < -0.4 is 4.90 Å². The highest BCUT2D eigenvalue weighted by Gasteiger charge is 2.49. The number of fused-ring (bicyclic) bond motifs is 1. The number of hydrogen-bond donors (Lipinski definition) is 0. The van der Waals surface area contributed by atoms with Crippen LogP contribution in [0.1, 0.15) is 36.8 Å². The van der Waals surface area contributed by atoms with Gasteiger partial charge in [-0.1, -0.05) is 54.3 Å². The third kappa shape index (κ3) is 3.27. The number of nitrogens with zero attached hydrogens (tertiary/aromatic N) is 2. The number of hydrogen-bond acceptors (Lipinski definition) is 2. The van der Waals surface area contributed by atoms with Crippen LogP contribution in [0, 0.1) is 19.8 Å². The van der Waals surface area contributed by atoms with E-state index in [4.69, 9.17) is 9.73 Å². The van der Waals surface area contributed by atoms with Crippen molar-refractivity contribution in [2.24, 2.45) is 10.9 Å². The number of amidine groups is 1. The molecule has 0 N–H and O–H groups in total. The van der Waals surface area contributed by atoms with Gasteiger partial charge in [0.1, 0.15) is 0 Å². The highest BCUT2D eigenvalue weighted by Crippen LogP contribution is 2.45. The van der Waals surface area contributed by atoms with Gasteiger partial charge in [-0.25, -0.2) is 0 Å². The predicted octanol–water partition coefficient (Wildman–Crippen LogP) is 5.94. The van der Waals surface area contributed by atoms with E-state index in [2.05, 4.69) is 67.8 Å². The fourth-order valence-corrected chi connectivity index (χ4v) is 4.41. The third-order valence-corrected chi connectivity index (χ3v) is 6.01. The highest BCUT2D eigenvalue weighted by molar-refractivity contribution is 5.96. The lowest BCUT2D eigenvalue weighted by Gasteiger charge is -2.53. The van der Waals surface area contributed by atoms with Crippen LogP contribution in [0.5, 0.6) is 0 Å². The molecule has 1 saturated carbocycles. The summed E-state index contributed by atoms with van der Waals surface area (Å²) in [7, 11) is 0. The van der Waals surface area contributed by atoms with Crippen molar-refractivity contribution < 1.29 is 4.74 Å². The van der Waals surface area contributed by atoms with Gasteiger partial charge in [0.2, 0.25) is 0 Å². The summed E-state index contributed by atoms with van der Waals surface area (Å²) in [5, 5.41) is 0. The van der Waals surface area contributed by atoms with Crippen molar-refractivity contribution in [1.82, 2.24) is 0 Å². The molecular formula is C24H28N2O. The van der Waals surface area contributed by atoms with Gasteiger partial charge in [0, 0.05) is 11.6 Å². The van der Waals surface area contributed by atoms with Crippen molar-refractivity contribution in [2.75, 3.05) is 11.5 Å². The van der Waals surface area contributed by atoms with Crippen molar-refractivity contribution in [3.63, 3.8) is 0 Å². The molecule has 2 atom stereocenters. The minimum absolute atomic E-state index is 0.130. The van der Waals surface area contributed by atoms with Crippen LogP contribution in [-0.2, 0) is 4.74 Å². The van der Waals surface area contributed by atoms with E-state index in [1.165, 1.54) is 30.4 Å². The number of aryl methyl sites for hydroxylation is 2. The van der Waals surface area contributed by atoms with Gasteiger partial charge in [-0.3, -0.25) is 4.90 Å². The van der Waals surface area contributed by atoms with Crippen molar-refractivity contribution in [1.29, 1.82) is 0 Å². The van der Waals surface area contributed by atoms with Crippen molar-refractivity contribution in [3.8, 4) is 0 Å². The molecule has 4 rings (SSSR count). The van der Waals surface area contributed by atoms with Crippen LogP contribution in [0.4, 0.5) is 11.4 Å². The second-order valence-corrected chi connectivity index (χ2v) is 7.85. The van der Waals surface area contributed by atoms with Gasteiger partial charge in [-0.2, -0.15) is 4.99 Å². The van der Waals surface area contributed by atoms with E-state index in [0.717, 1.165) is 17.8 Å². The molecule has 0 spiro atoms. The first-order valence-electron chi connectivity index (χ1n) is 9.91. The van der Waals surface area contributed by atoms with Crippen LogP contribution in [0.25, 0.3) is 0 Å². The van der Waals surface area contributed by atoms with E-state index in [0.29, 0.717) is 18.5 Å². The Balaban J connectivity index is 1.82. The molecule has 1 heterocycles. The largest absolute Gasteiger partial charge is 0.464 e. The molecule has 1 saturated heterocycles. The zero-order valence-corrected chi connectivity index (χ0v) is 16.3. The molecule has 27 heavy (non-hydrogen) atoms. The molecule has 0 radical (unpaired) electrons. The molecule has 0 amide bonds. The summed E-state index contributed by atoms with van der Waals surface area (Å²) in [6.45, 7) is 9.17. The topological polar surface area (TPSA) is 24.8 Å². The normalized spacial score (nSPS) is 26.4. The number of aliphatic imine (C=N–C) groups is 1. The Morgan fingerprint density at radius 2 is 1.70 bits per heavy atom. The monoisotopic (exact) mass is 360 g/mol. The molecule has 0 unspecified atom stereocenters. The molecule has 0 aromatic heterocycles. The van der Waals surface area contributed by atoms with Crippen LogP contribution in [0.3, 0.4) is 0 Å². The number of rotatable bonds is 3. The van der Waals surface area contributed by atoms with Gasteiger partial charge < -0.3 is 4.74 Å². The minimum atomic E-state index is -0.130. The quantitative estimate of drug-likeness (QED) is 0.633. The first kappa shape index (κ1) is 17.8. The summed E-state index contributed by atoms with van der Waals surface area (Å²) in [5.74, 6) is 0.446. The average molecular weight is 361 g/mol. The molecule has 3 heteroatoms. The van der Waals surface area contributed by atoms with Gasteiger partial charge in [-0.05, 0) is 51.0 Å². The van der Waals surface area contributed by atoms with Gasteiger partial charge in [0.15, 0.2) is 0 Å². The summed E-state index contributed by atoms with van der Waals surface area (Å²) < 4.78 is 6.23. The molecule has 1 aliphatic heterocycles. The van der Waals surface area contributed by atoms with E-state index in [1.807, 2.05) is 12.1 Å². The fourth-order valence-electron chi connectivity index (χ4n) is 4.41. The third-order valence-electron chi connectivity index (χ3n) is 6.01. The van der Waals surface area contributed by atoms with Gasteiger partial charge >= 0.3 is 0 Å². The molecule has 0 bridgehead atoms. The summed E-state index contributed by atoms with van der Waals surface area (Å²) in [4.78, 5) is 7.19. The molecule has 2 aromatic carbocycles. The Morgan fingerprint density at radius 3 is 2.37 bits per heavy atom. The number of ether oxygens (including phenoxy) is 1. The number of anilines is 1. The van der Waals surface area contributed by atoms with E-state index in [1.54, 1.807) is 0 Å². The Kier molecular flexibility index (Phi) is 4.77. The summed E-state index contributed by atoms with van der Waals surface area (Å²) >= 11 is 0. The predicted molar refractivity (Wildman–Crippen MR) is 113 cm³/mol. The SMILES string of the molecule is C=C[C@]12CCCC[C@H]1COC(=Nc1ccc(C)cc1)N2c1ccc(C)cc1. The standard InChI is InChI=1S/C24H28N2O/c1-4-24-16-6-5-7-20(24)17-27-23(25-21-12-8-18(2)9-13-21)26(24)22-14-10-19(3)11-15-22/h4,8-15,20H,1,5-7,16-17H2,2-3H3/t20-,24-/m0/s1. The zero-order valence-electron chi connectivity index (χ0n) is 16.3. The van der Waals surface area contributed by atoms with Crippen molar-refractivity contribution >= 4 is 17.4 Å². The maximum atomic E-state index is 6.23. The maximum absolute atomic E-state index is 6.23. The Labute approximate surface area is 162 Å². The van der Waals surface area contributed by atoms with Gasteiger partial charge in [0.25, 0.3) is 6.02 Å². The molecule has 1 aliphatic carbocycles. The molecule has 3 nitrogen and oxygen atoms in total. The summed E-state index contributed by atoms with van der Waals surface area (Å²) in [6, 6.07) is 17.6. The molecule has 140 valence electrons. The van der Waals surface area contributed by atoms with Gasteiger partial charge in [0.05, 0.1) is 17.8 Å².